The van der Waals surface area contributed by atoms with Crippen molar-refractivity contribution in [3.05, 3.63) is 35.1 Å². The highest BCUT2D eigenvalue weighted by molar-refractivity contribution is 5.78. The Balaban J connectivity index is 2.12. The van der Waals surface area contributed by atoms with Gasteiger partial charge in [0.1, 0.15) is 5.82 Å². The molecule has 0 unspecified atom stereocenters. The van der Waals surface area contributed by atoms with Crippen molar-refractivity contribution in [2.75, 3.05) is 13.2 Å². The molecule has 1 fully saturated rings. The Labute approximate surface area is 112 Å². The van der Waals surface area contributed by atoms with E-state index in [1.54, 1.807) is 11.0 Å². The van der Waals surface area contributed by atoms with E-state index in [4.69, 9.17) is 5.11 Å². The summed E-state index contributed by atoms with van der Waals surface area (Å²) in [6.45, 7) is 1.17. The molecule has 1 amide bonds. The van der Waals surface area contributed by atoms with E-state index in [-0.39, 0.29) is 18.3 Å². The fourth-order valence-corrected chi connectivity index (χ4v) is 2.13. The van der Waals surface area contributed by atoms with E-state index < -0.39 is 0 Å². The molecular formula is C15H16FNO2. The third-order valence-electron chi connectivity index (χ3n) is 2.97. The largest absolute Gasteiger partial charge is 0.395 e. The van der Waals surface area contributed by atoms with E-state index in [1.165, 1.54) is 12.1 Å². The second-order valence-electron chi connectivity index (χ2n) is 4.54. The summed E-state index contributed by atoms with van der Waals surface area (Å²) in [6, 6.07) is 4.58. The zero-order valence-corrected chi connectivity index (χ0v) is 10.7. The van der Waals surface area contributed by atoms with Crippen LogP contribution < -0.4 is 0 Å². The number of aliphatic hydroxyl groups is 1. The van der Waals surface area contributed by atoms with Gasteiger partial charge in [-0.05, 0) is 30.2 Å². The lowest BCUT2D eigenvalue weighted by atomic mass is 10.1. The molecule has 0 aliphatic carbocycles. The highest BCUT2D eigenvalue weighted by Crippen LogP contribution is 2.16. The minimum Gasteiger partial charge on any atom is -0.395 e. The predicted molar refractivity (Wildman–Crippen MR) is 69.6 cm³/mol. The lowest BCUT2D eigenvalue weighted by molar-refractivity contribution is -0.128. The number of amides is 1. The zero-order valence-electron chi connectivity index (χ0n) is 10.7. The molecule has 1 aromatic carbocycles. The van der Waals surface area contributed by atoms with Crippen LogP contribution in [0.5, 0.6) is 0 Å². The number of rotatable bonds is 3. The highest BCUT2D eigenvalue weighted by atomic mass is 19.1. The van der Waals surface area contributed by atoms with Gasteiger partial charge in [-0.15, -0.1) is 0 Å². The van der Waals surface area contributed by atoms with Gasteiger partial charge in [0.15, 0.2) is 0 Å². The Morgan fingerprint density at radius 2 is 2.21 bits per heavy atom. The number of carbonyl (C=O) groups is 1. The van der Waals surface area contributed by atoms with E-state index in [0.717, 1.165) is 18.5 Å². The Bertz CT molecular complexity index is 531. The molecule has 19 heavy (non-hydrogen) atoms. The van der Waals surface area contributed by atoms with Gasteiger partial charge in [-0.3, -0.25) is 4.79 Å². The van der Waals surface area contributed by atoms with Crippen molar-refractivity contribution in [2.45, 2.75) is 25.8 Å². The first kappa shape index (κ1) is 13.6. The van der Waals surface area contributed by atoms with Crippen molar-refractivity contribution >= 4 is 5.91 Å². The number of halogens is 1. The summed E-state index contributed by atoms with van der Waals surface area (Å²) >= 11 is 0. The third kappa shape index (κ3) is 3.80. The van der Waals surface area contributed by atoms with Crippen LogP contribution in [-0.2, 0) is 11.3 Å². The van der Waals surface area contributed by atoms with Crippen molar-refractivity contribution in [3.63, 3.8) is 0 Å². The average molecular weight is 261 g/mol. The van der Waals surface area contributed by atoms with Crippen molar-refractivity contribution in [3.8, 4) is 11.8 Å². The number of hydrogen-bond acceptors (Lipinski definition) is 2. The Morgan fingerprint density at radius 3 is 2.89 bits per heavy atom. The van der Waals surface area contributed by atoms with Crippen molar-refractivity contribution < 1.29 is 14.3 Å². The summed E-state index contributed by atoms with van der Waals surface area (Å²) in [7, 11) is 0. The number of nitrogens with zero attached hydrogens (tertiary/aromatic N) is 1. The Hall–Kier alpha value is -1.86. The summed E-state index contributed by atoms with van der Waals surface area (Å²) in [5, 5.41) is 8.65. The van der Waals surface area contributed by atoms with Crippen LogP contribution in [0.25, 0.3) is 0 Å². The number of hydrogen-bond donors (Lipinski definition) is 1. The molecule has 100 valence electrons. The number of carbonyl (C=O) groups excluding carboxylic acids is 1. The smallest absolute Gasteiger partial charge is 0.222 e. The SMILES string of the molecule is O=C1CCCN1Cc1cc(F)cc(C#CCCO)c1. The average Bonchev–Trinajstić information content (AvgIpc) is 2.75. The third-order valence-corrected chi connectivity index (χ3v) is 2.97. The summed E-state index contributed by atoms with van der Waals surface area (Å²) in [5.74, 6) is 5.34. The summed E-state index contributed by atoms with van der Waals surface area (Å²) in [4.78, 5) is 13.3. The summed E-state index contributed by atoms with van der Waals surface area (Å²) in [6.07, 6.45) is 1.83. The maximum Gasteiger partial charge on any atom is 0.222 e. The first-order chi connectivity index (χ1) is 9.19. The van der Waals surface area contributed by atoms with E-state index in [2.05, 4.69) is 11.8 Å². The van der Waals surface area contributed by atoms with Gasteiger partial charge in [-0.2, -0.15) is 0 Å². The molecule has 0 saturated carbocycles. The standard InChI is InChI=1S/C15H16FNO2/c16-14-9-12(4-1-2-7-18)8-13(10-14)11-17-6-3-5-15(17)19/h8-10,18H,2-3,5-7,11H2. The molecule has 1 aromatic rings. The molecule has 0 aromatic heterocycles. The van der Waals surface area contributed by atoms with Gasteiger partial charge in [0.25, 0.3) is 0 Å². The molecule has 0 radical (unpaired) electrons. The molecule has 1 N–H and O–H groups in total. The second-order valence-corrected chi connectivity index (χ2v) is 4.54. The first-order valence-corrected chi connectivity index (χ1v) is 6.36. The van der Waals surface area contributed by atoms with Gasteiger partial charge in [-0.25, -0.2) is 4.39 Å². The lowest BCUT2D eigenvalue weighted by Crippen LogP contribution is -2.23. The molecule has 0 atom stereocenters. The highest BCUT2D eigenvalue weighted by Gasteiger charge is 2.20. The Morgan fingerprint density at radius 1 is 1.37 bits per heavy atom. The second kappa shape index (κ2) is 6.35. The minimum atomic E-state index is -0.350. The number of benzene rings is 1. The molecule has 1 aliphatic rings. The summed E-state index contributed by atoms with van der Waals surface area (Å²) < 4.78 is 13.5. The number of likely N-dealkylation sites (tertiary alicyclic amines) is 1. The predicted octanol–water partition coefficient (Wildman–Crippen LogP) is 1.68. The number of aliphatic hydroxyl groups excluding tert-OH is 1. The van der Waals surface area contributed by atoms with Gasteiger partial charge < -0.3 is 10.0 Å². The fourth-order valence-electron chi connectivity index (χ4n) is 2.13. The quantitative estimate of drug-likeness (QED) is 0.841. The van der Waals surface area contributed by atoms with Crippen LogP contribution in [0.4, 0.5) is 4.39 Å². The Kier molecular flexibility index (Phi) is 4.53. The van der Waals surface area contributed by atoms with E-state index in [1.807, 2.05) is 0 Å². The molecular weight excluding hydrogens is 245 g/mol. The van der Waals surface area contributed by atoms with E-state index >= 15 is 0 Å². The molecule has 1 saturated heterocycles. The van der Waals surface area contributed by atoms with Crippen LogP contribution in [0.3, 0.4) is 0 Å². The molecule has 1 heterocycles. The van der Waals surface area contributed by atoms with Gasteiger partial charge in [0.2, 0.25) is 5.91 Å². The van der Waals surface area contributed by atoms with E-state index in [9.17, 15) is 9.18 Å². The molecule has 2 rings (SSSR count). The molecule has 0 bridgehead atoms. The molecule has 0 spiro atoms. The lowest BCUT2D eigenvalue weighted by Gasteiger charge is -2.15. The van der Waals surface area contributed by atoms with Crippen LogP contribution in [0.15, 0.2) is 18.2 Å². The van der Waals surface area contributed by atoms with Crippen LogP contribution in [0, 0.1) is 17.7 Å². The van der Waals surface area contributed by atoms with Crippen LogP contribution in [-0.4, -0.2) is 29.1 Å². The zero-order chi connectivity index (χ0) is 13.7. The van der Waals surface area contributed by atoms with Crippen LogP contribution in [0.1, 0.15) is 30.4 Å². The monoisotopic (exact) mass is 261 g/mol. The first-order valence-electron chi connectivity index (χ1n) is 6.36. The molecule has 4 heteroatoms. The molecule has 1 aliphatic heterocycles. The van der Waals surface area contributed by atoms with Crippen LogP contribution in [0.2, 0.25) is 0 Å². The topological polar surface area (TPSA) is 40.5 Å². The van der Waals surface area contributed by atoms with Crippen LogP contribution >= 0.6 is 0 Å². The summed E-state index contributed by atoms with van der Waals surface area (Å²) in [5.41, 5.74) is 1.33. The van der Waals surface area contributed by atoms with Gasteiger partial charge >= 0.3 is 0 Å². The normalized spacial score (nSPS) is 14.4. The van der Waals surface area contributed by atoms with Crippen molar-refractivity contribution in [1.29, 1.82) is 0 Å². The van der Waals surface area contributed by atoms with Crippen molar-refractivity contribution in [2.24, 2.45) is 0 Å². The maximum atomic E-state index is 13.5. The van der Waals surface area contributed by atoms with Gasteiger partial charge in [0.05, 0.1) is 6.61 Å². The van der Waals surface area contributed by atoms with E-state index in [0.29, 0.717) is 24.9 Å². The minimum absolute atomic E-state index is 0.00253. The molecule has 3 nitrogen and oxygen atoms in total. The fraction of sp³-hybridized carbons (Fsp3) is 0.400. The maximum absolute atomic E-state index is 13.5. The van der Waals surface area contributed by atoms with Crippen molar-refractivity contribution in [1.82, 2.24) is 4.90 Å². The van der Waals surface area contributed by atoms with Gasteiger partial charge in [0, 0.05) is 31.5 Å². The van der Waals surface area contributed by atoms with Gasteiger partial charge in [-0.1, -0.05) is 11.8 Å².